The predicted octanol–water partition coefficient (Wildman–Crippen LogP) is 5.50. The van der Waals surface area contributed by atoms with Crippen molar-refractivity contribution in [2.75, 3.05) is 14.2 Å². The average molecular weight is 643 g/mol. The first-order valence-corrected chi connectivity index (χ1v) is 14.2. The Kier molecular flexibility index (Phi) is 8.08. The minimum absolute atomic E-state index is 0.0295. The highest BCUT2D eigenvalue weighted by molar-refractivity contribution is 14.1. The number of rotatable bonds is 6. The Balaban J connectivity index is 2.16. The predicted molar refractivity (Wildman–Crippen MR) is 153 cm³/mol. The lowest BCUT2D eigenvalue weighted by Gasteiger charge is -2.39. The summed E-state index contributed by atoms with van der Waals surface area (Å²) in [5.74, 6) is -1.83. The Labute approximate surface area is 236 Å². The molecule has 196 valence electrons. The van der Waals surface area contributed by atoms with Crippen molar-refractivity contribution >= 4 is 50.1 Å². The molecule has 1 heterocycles. The van der Waals surface area contributed by atoms with Gasteiger partial charge in [0.25, 0.3) is 10.0 Å². The molecule has 38 heavy (non-hydrogen) atoms. The molecule has 0 N–H and O–H groups in total. The first-order valence-electron chi connectivity index (χ1n) is 11.7. The molecule has 7 nitrogen and oxygen atoms in total. The van der Waals surface area contributed by atoms with Gasteiger partial charge in [-0.1, -0.05) is 77.9 Å². The molecule has 1 aliphatic rings. The van der Waals surface area contributed by atoms with E-state index >= 15 is 0 Å². The van der Waals surface area contributed by atoms with Gasteiger partial charge in [-0.25, -0.2) is 22.3 Å². The van der Waals surface area contributed by atoms with E-state index in [4.69, 9.17) is 9.47 Å². The standard InChI is InChI=1S/C29H26INO6S/c1-18-10-14-21(15-11-18)26-25(30)23(20-8-6-5-7-9-20)24(28(32)36-3)27(29(33)37-4)31(26)38(34,35)22-16-12-19(2)13-17-22/h5-17,26H,1-4H3. The van der Waals surface area contributed by atoms with Crippen LogP contribution in [0.1, 0.15) is 28.3 Å². The normalized spacial score (nSPS) is 15.9. The molecule has 3 aromatic carbocycles. The lowest BCUT2D eigenvalue weighted by Crippen LogP contribution is -2.42. The summed E-state index contributed by atoms with van der Waals surface area (Å²) in [6.07, 6.45) is 0. The quantitative estimate of drug-likeness (QED) is 0.261. The van der Waals surface area contributed by atoms with Gasteiger partial charge in [-0.05, 0) is 59.7 Å². The van der Waals surface area contributed by atoms with Crippen LogP contribution in [-0.4, -0.2) is 38.9 Å². The highest BCUT2D eigenvalue weighted by atomic mass is 127. The summed E-state index contributed by atoms with van der Waals surface area (Å²) < 4.78 is 40.4. The second-order valence-corrected chi connectivity index (χ2v) is 11.7. The SMILES string of the molecule is COC(=O)C1=C(C(=O)OC)N(S(=O)(=O)c2ccc(C)cc2)C(c2ccc(C)cc2)C(I)=C1c1ccccc1. The maximum absolute atomic E-state index is 14.3. The van der Waals surface area contributed by atoms with E-state index < -0.39 is 33.7 Å². The van der Waals surface area contributed by atoms with Gasteiger partial charge in [0, 0.05) is 9.15 Å². The van der Waals surface area contributed by atoms with E-state index in [-0.39, 0.29) is 10.5 Å². The Morgan fingerprint density at radius 1 is 0.789 bits per heavy atom. The third-order valence-corrected chi connectivity index (χ3v) is 9.13. The van der Waals surface area contributed by atoms with Crippen molar-refractivity contribution in [1.82, 2.24) is 4.31 Å². The second kappa shape index (κ2) is 11.1. The van der Waals surface area contributed by atoms with Crippen LogP contribution in [0.25, 0.3) is 5.57 Å². The zero-order valence-electron chi connectivity index (χ0n) is 21.3. The average Bonchev–Trinajstić information content (AvgIpc) is 2.92. The summed E-state index contributed by atoms with van der Waals surface area (Å²) in [6.45, 7) is 3.77. The topological polar surface area (TPSA) is 90.0 Å². The van der Waals surface area contributed by atoms with Crippen LogP contribution in [0, 0.1) is 13.8 Å². The van der Waals surface area contributed by atoms with Crippen molar-refractivity contribution in [1.29, 1.82) is 0 Å². The highest BCUT2D eigenvalue weighted by Gasteiger charge is 2.47. The van der Waals surface area contributed by atoms with Crippen molar-refractivity contribution in [3.63, 3.8) is 0 Å². The third-order valence-electron chi connectivity index (χ3n) is 6.22. The summed E-state index contributed by atoms with van der Waals surface area (Å²) in [7, 11) is -2.04. The van der Waals surface area contributed by atoms with Crippen LogP contribution in [0.2, 0.25) is 0 Å². The zero-order chi connectivity index (χ0) is 27.6. The Morgan fingerprint density at radius 3 is 1.84 bits per heavy atom. The lowest BCUT2D eigenvalue weighted by atomic mass is 9.88. The fraction of sp³-hybridized carbons (Fsp3) is 0.172. The number of benzene rings is 3. The number of carbonyl (C=O) groups excluding carboxylic acids is 2. The molecule has 0 saturated heterocycles. The summed E-state index contributed by atoms with van der Waals surface area (Å²) in [5.41, 5.74) is 2.91. The minimum atomic E-state index is -4.38. The van der Waals surface area contributed by atoms with Gasteiger partial charge in [-0.15, -0.1) is 0 Å². The van der Waals surface area contributed by atoms with Crippen LogP contribution < -0.4 is 0 Å². The van der Waals surface area contributed by atoms with Crippen molar-refractivity contribution in [2.45, 2.75) is 24.8 Å². The van der Waals surface area contributed by atoms with Gasteiger partial charge in [0.1, 0.15) is 11.6 Å². The number of methoxy groups -OCH3 is 2. The van der Waals surface area contributed by atoms with E-state index in [0.717, 1.165) is 22.5 Å². The molecule has 0 bridgehead atoms. The molecule has 0 radical (unpaired) electrons. The van der Waals surface area contributed by atoms with E-state index in [1.807, 2.05) is 44.2 Å². The van der Waals surface area contributed by atoms with Crippen LogP contribution in [0.15, 0.2) is 98.6 Å². The molecule has 1 unspecified atom stereocenters. The fourth-order valence-corrected chi connectivity index (χ4v) is 7.33. The van der Waals surface area contributed by atoms with Crippen LogP contribution in [0.5, 0.6) is 0 Å². The fourth-order valence-electron chi connectivity index (χ4n) is 4.31. The lowest BCUT2D eigenvalue weighted by molar-refractivity contribution is -0.140. The van der Waals surface area contributed by atoms with E-state index in [1.165, 1.54) is 19.2 Å². The highest BCUT2D eigenvalue weighted by Crippen LogP contribution is 2.50. The van der Waals surface area contributed by atoms with Crippen molar-refractivity contribution < 1.29 is 27.5 Å². The Bertz CT molecular complexity index is 1540. The van der Waals surface area contributed by atoms with Gasteiger partial charge < -0.3 is 9.47 Å². The van der Waals surface area contributed by atoms with Gasteiger partial charge in [0.15, 0.2) is 5.70 Å². The number of carbonyl (C=O) groups is 2. The van der Waals surface area contributed by atoms with Gasteiger partial charge in [-0.2, -0.15) is 0 Å². The number of halogens is 1. The van der Waals surface area contributed by atoms with E-state index in [9.17, 15) is 18.0 Å². The van der Waals surface area contributed by atoms with Crippen LogP contribution in [-0.2, 0) is 29.1 Å². The van der Waals surface area contributed by atoms with Crippen LogP contribution >= 0.6 is 22.6 Å². The van der Waals surface area contributed by atoms with Crippen LogP contribution in [0.3, 0.4) is 0 Å². The number of aryl methyl sites for hydroxylation is 2. The van der Waals surface area contributed by atoms with Crippen molar-refractivity contribution in [3.05, 3.63) is 116 Å². The molecule has 3 aromatic rings. The molecule has 9 heteroatoms. The maximum atomic E-state index is 14.3. The van der Waals surface area contributed by atoms with Gasteiger partial charge in [0.2, 0.25) is 0 Å². The first-order chi connectivity index (χ1) is 18.1. The van der Waals surface area contributed by atoms with E-state index in [2.05, 4.69) is 22.6 Å². The number of hydrogen-bond acceptors (Lipinski definition) is 6. The molecule has 0 aromatic heterocycles. The Hall–Kier alpha value is -3.44. The molecule has 0 saturated carbocycles. The van der Waals surface area contributed by atoms with Crippen LogP contribution in [0.4, 0.5) is 0 Å². The largest absolute Gasteiger partial charge is 0.465 e. The molecule has 4 rings (SSSR count). The molecule has 0 fully saturated rings. The number of nitrogens with zero attached hydrogens (tertiary/aromatic N) is 1. The third kappa shape index (κ3) is 5.00. The molecule has 0 aliphatic carbocycles. The van der Waals surface area contributed by atoms with E-state index in [0.29, 0.717) is 20.3 Å². The maximum Gasteiger partial charge on any atom is 0.356 e. The van der Waals surface area contributed by atoms with Gasteiger partial charge in [0.05, 0.1) is 19.1 Å². The number of hydrogen-bond donors (Lipinski definition) is 0. The summed E-state index contributed by atoms with van der Waals surface area (Å²) in [6, 6.07) is 21.7. The molecule has 0 spiro atoms. The molecular formula is C29H26INO6S. The molecule has 0 amide bonds. The smallest absolute Gasteiger partial charge is 0.356 e. The molecule has 1 atom stereocenters. The molecule has 1 aliphatic heterocycles. The van der Waals surface area contributed by atoms with Crippen molar-refractivity contribution in [2.24, 2.45) is 0 Å². The second-order valence-electron chi connectivity index (χ2n) is 8.72. The van der Waals surface area contributed by atoms with Crippen molar-refractivity contribution in [3.8, 4) is 0 Å². The first kappa shape index (κ1) is 27.6. The minimum Gasteiger partial charge on any atom is -0.465 e. The number of ether oxygens (including phenoxy) is 2. The summed E-state index contributed by atoms with van der Waals surface area (Å²) in [5, 5.41) is 0. The Morgan fingerprint density at radius 2 is 1.32 bits per heavy atom. The summed E-state index contributed by atoms with van der Waals surface area (Å²) >= 11 is 2.07. The molecular weight excluding hydrogens is 617 g/mol. The summed E-state index contributed by atoms with van der Waals surface area (Å²) in [4.78, 5) is 26.7. The van der Waals surface area contributed by atoms with Gasteiger partial charge >= 0.3 is 11.9 Å². The van der Waals surface area contributed by atoms with Gasteiger partial charge in [-0.3, -0.25) is 0 Å². The number of esters is 2. The van der Waals surface area contributed by atoms with E-state index in [1.54, 1.807) is 36.4 Å². The monoisotopic (exact) mass is 643 g/mol. The zero-order valence-corrected chi connectivity index (χ0v) is 24.2. The number of sulfonamides is 1.